The summed E-state index contributed by atoms with van der Waals surface area (Å²) in [7, 11) is 1.55. The lowest BCUT2D eigenvalue weighted by Gasteiger charge is -2.12. The lowest BCUT2D eigenvalue weighted by Crippen LogP contribution is -2.30. The summed E-state index contributed by atoms with van der Waals surface area (Å²) < 4.78 is 5.28. The number of amides is 2. The van der Waals surface area contributed by atoms with Gasteiger partial charge in [0, 0.05) is 26.7 Å². The van der Waals surface area contributed by atoms with Gasteiger partial charge in [-0.15, -0.1) is 11.8 Å². The van der Waals surface area contributed by atoms with Crippen LogP contribution < -0.4 is 15.4 Å². The molecule has 0 radical (unpaired) electrons. The van der Waals surface area contributed by atoms with E-state index in [-0.39, 0.29) is 17.2 Å². The quantitative estimate of drug-likeness (QED) is 0.114. The molecule has 0 aliphatic heterocycles. The van der Waals surface area contributed by atoms with Crippen LogP contribution in [0.25, 0.3) is 6.08 Å². The number of ether oxygens (including phenoxy) is 1. The Balaban J connectivity index is 1.50. The third-order valence-corrected chi connectivity index (χ3v) is 7.17. The van der Waals surface area contributed by atoms with Crippen molar-refractivity contribution in [1.29, 1.82) is 0 Å². The van der Waals surface area contributed by atoms with Gasteiger partial charge in [0.1, 0.15) is 11.4 Å². The number of hydrogen-bond acceptors (Lipinski definition) is 5. The second kappa shape index (κ2) is 13.8. The molecule has 9 heteroatoms. The molecule has 0 aromatic heterocycles. The van der Waals surface area contributed by atoms with E-state index in [1.165, 1.54) is 17.8 Å². The monoisotopic (exact) mass is 590 g/mol. The van der Waals surface area contributed by atoms with Crippen LogP contribution in [0, 0.1) is 0 Å². The molecule has 6 nitrogen and oxygen atoms in total. The summed E-state index contributed by atoms with van der Waals surface area (Å²) in [5.74, 6) is -0.325. The Labute approximate surface area is 246 Å². The number of carbonyl (C=O) groups is 3. The van der Waals surface area contributed by atoms with Crippen LogP contribution in [-0.4, -0.2) is 30.5 Å². The highest BCUT2D eigenvalue weighted by molar-refractivity contribution is 8.00. The molecule has 0 unspecified atom stereocenters. The van der Waals surface area contributed by atoms with E-state index < -0.39 is 11.8 Å². The molecule has 0 saturated carbocycles. The number of hydrogen-bond donors (Lipinski definition) is 2. The average Bonchev–Trinajstić information content (AvgIpc) is 2.96. The summed E-state index contributed by atoms with van der Waals surface area (Å²) in [6.07, 6.45) is 1.58. The molecule has 4 aromatic rings. The molecule has 202 valence electrons. The molecule has 0 bridgehead atoms. The Bertz CT molecular complexity index is 1570. The van der Waals surface area contributed by atoms with E-state index in [0.29, 0.717) is 38.2 Å². The number of nitrogens with one attached hydrogen (secondary N) is 2. The van der Waals surface area contributed by atoms with E-state index in [4.69, 9.17) is 27.9 Å². The third kappa shape index (κ3) is 7.99. The SMILES string of the molecule is COc1cccc(/C=C(\NC(=O)c2ccccc2)C(=O)Nc2cccc(SCC(=O)c3ccc(Cl)cc3Cl)c2)c1. The normalized spacial score (nSPS) is 11.0. The number of halogens is 2. The number of rotatable bonds is 10. The van der Waals surface area contributed by atoms with Gasteiger partial charge in [-0.2, -0.15) is 0 Å². The van der Waals surface area contributed by atoms with E-state index in [0.717, 1.165) is 4.90 Å². The summed E-state index contributed by atoms with van der Waals surface area (Å²) in [6.45, 7) is 0. The first-order valence-electron chi connectivity index (χ1n) is 12.1. The molecule has 0 saturated heterocycles. The van der Waals surface area contributed by atoms with Gasteiger partial charge in [-0.1, -0.05) is 59.6 Å². The topological polar surface area (TPSA) is 84.5 Å². The molecule has 4 aromatic carbocycles. The number of carbonyl (C=O) groups excluding carboxylic acids is 3. The zero-order valence-corrected chi connectivity index (χ0v) is 23.6. The first-order valence-corrected chi connectivity index (χ1v) is 13.8. The van der Waals surface area contributed by atoms with Crippen LogP contribution in [0.4, 0.5) is 5.69 Å². The van der Waals surface area contributed by atoms with Crippen molar-refractivity contribution >= 4 is 64.3 Å². The first-order chi connectivity index (χ1) is 19.3. The number of ketones is 1. The molecule has 40 heavy (non-hydrogen) atoms. The van der Waals surface area contributed by atoms with Gasteiger partial charge < -0.3 is 15.4 Å². The van der Waals surface area contributed by atoms with Gasteiger partial charge in [0.25, 0.3) is 11.8 Å². The fourth-order valence-corrected chi connectivity index (χ4v) is 5.00. The number of anilines is 1. The molecule has 0 aliphatic rings. The molecular weight excluding hydrogens is 567 g/mol. The highest BCUT2D eigenvalue weighted by Crippen LogP contribution is 2.26. The lowest BCUT2D eigenvalue weighted by molar-refractivity contribution is -0.113. The maximum atomic E-state index is 13.4. The average molecular weight is 592 g/mol. The first kappa shape index (κ1) is 29.0. The Hall–Kier alpha value is -4.04. The van der Waals surface area contributed by atoms with Crippen LogP contribution in [0.1, 0.15) is 26.3 Å². The van der Waals surface area contributed by atoms with Crippen LogP contribution in [-0.2, 0) is 4.79 Å². The maximum Gasteiger partial charge on any atom is 0.272 e. The molecule has 0 atom stereocenters. The van der Waals surface area contributed by atoms with Gasteiger partial charge in [0.15, 0.2) is 5.78 Å². The zero-order valence-electron chi connectivity index (χ0n) is 21.3. The zero-order chi connectivity index (χ0) is 28.5. The standard InChI is InChI=1S/C31H24Cl2N2O4S/c1-39-24-11-5-7-20(15-24)16-28(35-30(37)21-8-3-2-4-9-21)31(38)34-23-10-6-12-25(18-23)40-19-29(36)26-14-13-22(32)17-27(26)33/h2-18H,19H2,1H3,(H,34,38)(H,35,37)/b28-16-. The highest BCUT2D eigenvalue weighted by Gasteiger charge is 2.16. The number of benzene rings is 4. The van der Waals surface area contributed by atoms with Crippen LogP contribution in [0.15, 0.2) is 108 Å². The van der Waals surface area contributed by atoms with Gasteiger partial charge in [-0.3, -0.25) is 14.4 Å². The largest absolute Gasteiger partial charge is 0.497 e. The van der Waals surface area contributed by atoms with Gasteiger partial charge in [0.05, 0.1) is 17.9 Å². The van der Waals surface area contributed by atoms with Crippen molar-refractivity contribution in [3.8, 4) is 5.75 Å². The van der Waals surface area contributed by atoms with Crippen LogP contribution in [0.2, 0.25) is 10.0 Å². The van der Waals surface area contributed by atoms with E-state index in [2.05, 4.69) is 10.6 Å². The molecule has 0 spiro atoms. The van der Waals surface area contributed by atoms with Gasteiger partial charge in [-0.05, 0) is 72.3 Å². The summed E-state index contributed by atoms with van der Waals surface area (Å²) in [5.41, 5.74) is 2.02. The van der Waals surface area contributed by atoms with E-state index in [1.54, 1.807) is 98.1 Å². The third-order valence-electron chi connectivity index (χ3n) is 5.63. The minimum atomic E-state index is -0.515. The smallest absolute Gasteiger partial charge is 0.272 e. The van der Waals surface area contributed by atoms with Crippen molar-refractivity contribution < 1.29 is 19.1 Å². The van der Waals surface area contributed by atoms with Crippen molar-refractivity contribution in [3.05, 3.63) is 129 Å². The minimum Gasteiger partial charge on any atom is -0.497 e. The summed E-state index contributed by atoms with van der Waals surface area (Å²) >= 11 is 13.4. The Morgan fingerprint density at radius 3 is 2.40 bits per heavy atom. The number of methoxy groups -OCH3 is 1. The second-order valence-electron chi connectivity index (χ2n) is 8.47. The van der Waals surface area contributed by atoms with Gasteiger partial charge in [-0.25, -0.2) is 0 Å². The number of thioether (sulfide) groups is 1. The van der Waals surface area contributed by atoms with Crippen LogP contribution in [0.5, 0.6) is 5.75 Å². The summed E-state index contributed by atoms with van der Waals surface area (Å²) in [5, 5.41) is 6.31. The van der Waals surface area contributed by atoms with Crippen molar-refractivity contribution in [1.82, 2.24) is 5.32 Å². The molecule has 0 heterocycles. The van der Waals surface area contributed by atoms with Crippen LogP contribution in [0.3, 0.4) is 0 Å². The minimum absolute atomic E-state index is 0.0488. The predicted octanol–water partition coefficient (Wildman–Crippen LogP) is 7.39. The fraction of sp³-hybridized carbons (Fsp3) is 0.0645. The van der Waals surface area contributed by atoms with Crippen molar-refractivity contribution in [2.45, 2.75) is 4.90 Å². The molecular formula is C31H24Cl2N2O4S. The van der Waals surface area contributed by atoms with Gasteiger partial charge >= 0.3 is 0 Å². The Morgan fingerprint density at radius 2 is 1.65 bits per heavy atom. The molecule has 2 N–H and O–H groups in total. The van der Waals surface area contributed by atoms with Crippen LogP contribution >= 0.6 is 35.0 Å². The Morgan fingerprint density at radius 1 is 0.875 bits per heavy atom. The van der Waals surface area contributed by atoms with E-state index >= 15 is 0 Å². The number of Topliss-reactive ketones (excluding diaryl/α,β-unsaturated/α-hetero) is 1. The molecule has 0 aliphatic carbocycles. The van der Waals surface area contributed by atoms with Crippen molar-refractivity contribution in [2.24, 2.45) is 0 Å². The second-order valence-corrected chi connectivity index (χ2v) is 10.4. The predicted molar refractivity (Wildman–Crippen MR) is 161 cm³/mol. The highest BCUT2D eigenvalue weighted by atomic mass is 35.5. The lowest BCUT2D eigenvalue weighted by atomic mass is 10.1. The summed E-state index contributed by atoms with van der Waals surface area (Å²) in [4.78, 5) is 39.7. The molecule has 4 rings (SSSR count). The summed E-state index contributed by atoms with van der Waals surface area (Å²) in [6, 6.07) is 27.6. The molecule has 2 amide bonds. The van der Waals surface area contributed by atoms with E-state index in [1.807, 2.05) is 6.07 Å². The van der Waals surface area contributed by atoms with Crippen molar-refractivity contribution in [2.75, 3.05) is 18.2 Å². The Kier molecular flexibility index (Phi) is 10.0. The van der Waals surface area contributed by atoms with Crippen molar-refractivity contribution in [3.63, 3.8) is 0 Å². The van der Waals surface area contributed by atoms with E-state index in [9.17, 15) is 14.4 Å². The maximum absolute atomic E-state index is 13.4. The van der Waals surface area contributed by atoms with Gasteiger partial charge in [0.2, 0.25) is 0 Å². The molecule has 0 fully saturated rings. The fourth-order valence-electron chi connectivity index (χ4n) is 3.64.